The Bertz CT molecular complexity index is 611. The molecule has 0 radical (unpaired) electrons. The van der Waals surface area contributed by atoms with Crippen molar-refractivity contribution in [3.63, 3.8) is 0 Å². The van der Waals surface area contributed by atoms with Gasteiger partial charge in [-0.15, -0.1) is 0 Å². The summed E-state index contributed by atoms with van der Waals surface area (Å²) in [7, 11) is 0. The molecule has 0 aromatic carbocycles. The fourth-order valence-corrected chi connectivity index (χ4v) is 3.17. The van der Waals surface area contributed by atoms with Gasteiger partial charge in [-0.2, -0.15) is 0 Å². The number of aromatic nitrogens is 2. The highest BCUT2D eigenvalue weighted by Gasteiger charge is 2.32. The SMILES string of the molecule is OCc1c(N2CCN(C3CC3)CC2)nc2ccccn12. The maximum atomic E-state index is 9.69. The Balaban J connectivity index is 1.61. The molecule has 3 heterocycles. The average molecular weight is 272 g/mol. The highest BCUT2D eigenvalue weighted by atomic mass is 16.3. The smallest absolute Gasteiger partial charge is 0.153 e. The molecule has 1 saturated carbocycles. The monoisotopic (exact) mass is 272 g/mol. The molecule has 4 rings (SSSR count). The Morgan fingerprint density at radius 3 is 2.65 bits per heavy atom. The van der Waals surface area contributed by atoms with Crippen LogP contribution in [0.5, 0.6) is 0 Å². The first-order valence-corrected chi connectivity index (χ1v) is 7.42. The van der Waals surface area contributed by atoms with Crippen LogP contribution in [-0.4, -0.2) is 51.6 Å². The molecule has 5 nitrogen and oxygen atoms in total. The lowest BCUT2D eigenvalue weighted by molar-refractivity contribution is 0.245. The van der Waals surface area contributed by atoms with Gasteiger partial charge in [0.2, 0.25) is 0 Å². The summed E-state index contributed by atoms with van der Waals surface area (Å²) in [5.74, 6) is 0.953. The third-order valence-electron chi connectivity index (χ3n) is 4.43. The summed E-state index contributed by atoms with van der Waals surface area (Å²) in [6.45, 7) is 4.27. The predicted octanol–water partition coefficient (Wildman–Crippen LogP) is 1.11. The molecule has 20 heavy (non-hydrogen) atoms. The van der Waals surface area contributed by atoms with Crippen LogP contribution in [-0.2, 0) is 6.61 Å². The summed E-state index contributed by atoms with van der Waals surface area (Å²) < 4.78 is 1.99. The van der Waals surface area contributed by atoms with Gasteiger partial charge in [0, 0.05) is 38.4 Å². The zero-order chi connectivity index (χ0) is 13.5. The number of aliphatic hydroxyl groups excluding tert-OH is 1. The molecule has 1 aliphatic carbocycles. The molecule has 1 aliphatic heterocycles. The van der Waals surface area contributed by atoms with E-state index in [2.05, 4.69) is 9.80 Å². The van der Waals surface area contributed by atoms with E-state index in [4.69, 9.17) is 4.98 Å². The quantitative estimate of drug-likeness (QED) is 0.909. The molecule has 2 fully saturated rings. The summed E-state index contributed by atoms with van der Waals surface area (Å²) >= 11 is 0. The molecular weight excluding hydrogens is 252 g/mol. The molecule has 2 aliphatic rings. The van der Waals surface area contributed by atoms with Crippen molar-refractivity contribution in [2.24, 2.45) is 0 Å². The lowest BCUT2D eigenvalue weighted by Gasteiger charge is -2.35. The van der Waals surface area contributed by atoms with Crippen molar-refractivity contribution in [3.05, 3.63) is 30.1 Å². The van der Waals surface area contributed by atoms with Crippen molar-refractivity contribution >= 4 is 11.5 Å². The van der Waals surface area contributed by atoms with Crippen molar-refractivity contribution in [1.29, 1.82) is 0 Å². The molecule has 0 spiro atoms. The zero-order valence-electron chi connectivity index (χ0n) is 11.6. The van der Waals surface area contributed by atoms with Crippen LogP contribution in [0.3, 0.4) is 0 Å². The third kappa shape index (κ3) is 1.98. The second-order valence-electron chi connectivity index (χ2n) is 5.72. The molecule has 0 atom stereocenters. The lowest BCUT2D eigenvalue weighted by atomic mass is 10.3. The van der Waals surface area contributed by atoms with Crippen LogP contribution in [0, 0.1) is 0 Å². The average Bonchev–Trinajstić information content (AvgIpc) is 3.28. The van der Waals surface area contributed by atoms with Crippen LogP contribution in [0.1, 0.15) is 18.5 Å². The van der Waals surface area contributed by atoms with E-state index >= 15 is 0 Å². The van der Waals surface area contributed by atoms with Crippen LogP contribution in [0.2, 0.25) is 0 Å². The normalized spacial score (nSPS) is 20.8. The molecular formula is C15H20N4O. The molecule has 2 aromatic heterocycles. The van der Waals surface area contributed by atoms with Gasteiger partial charge in [0.1, 0.15) is 5.65 Å². The van der Waals surface area contributed by atoms with E-state index < -0.39 is 0 Å². The number of anilines is 1. The molecule has 1 saturated heterocycles. The number of pyridine rings is 1. The summed E-state index contributed by atoms with van der Waals surface area (Å²) in [4.78, 5) is 9.61. The van der Waals surface area contributed by atoms with E-state index in [0.29, 0.717) is 0 Å². The molecule has 2 aromatic rings. The summed E-state index contributed by atoms with van der Waals surface area (Å²) in [6, 6.07) is 6.79. The number of hydrogen-bond acceptors (Lipinski definition) is 4. The van der Waals surface area contributed by atoms with Gasteiger partial charge < -0.3 is 10.0 Å². The van der Waals surface area contributed by atoms with Crippen LogP contribution in [0.4, 0.5) is 5.82 Å². The minimum atomic E-state index is 0.0311. The highest BCUT2D eigenvalue weighted by molar-refractivity contribution is 5.56. The fraction of sp³-hybridized carbons (Fsp3) is 0.533. The van der Waals surface area contributed by atoms with Crippen molar-refractivity contribution in [3.8, 4) is 0 Å². The van der Waals surface area contributed by atoms with E-state index in [-0.39, 0.29) is 6.61 Å². The number of rotatable bonds is 3. The van der Waals surface area contributed by atoms with E-state index in [0.717, 1.165) is 49.4 Å². The lowest BCUT2D eigenvalue weighted by Crippen LogP contribution is -2.47. The van der Waals surface area contributed by atoms with E-state index in [1.807, 2.05) is 28.8 Å². The van der Waals surface area contributed by atoms with E-state index in [1.54, 1.807) is 0 Å². The minimum Gasteiger partial charge on any atom is -0.390 e. The second-order valence-corrected chi connectivity index (χ2v) is 5.72. The Morgan fingerprint density at radius 1 is 1.15 bits per heavy atom. The van der Waals surface area contributed by atoms with E-state index in [1.165, 1.54) is 12.8 Å². The van der Waals surface area contributed by atoms with Crippen LogP contribution in [0.15, 0.2) is 24.4 Å². The van der Waals surface area contributed by atoms with Crippen LogP contribution < -0.4 is 4.90 Å². The molecule has 106 valence electrons. The topological polar surface area (TPSA) is 44.0 Å². The summed E-state index contributed by atoms with van der Waals surface area (Å²) in [5.41, 5.74) is 1.82. The molecule has 5 heteroatoms. The number of nitrogens with zero attached hydrogens (tertiary/aromatic N) is 4. The summed E-state index contributed by atoms with van der Waals surface area (Å²) in [6.07, 6.45) is 4.71. The molecule has 1 N–H and O–H groups in total. The first-order valence-electron chi connectivity index (χ1n) is 7.42. The maximum absolute atomic E-state index is 9.69. The predicted molar refractivity (Wildman–Crippen MR) is 77.9 cm³/mol. The first kappa shape index (κ1) is 12.2. The molecule has 0 bridgehead atoms. The van der Waals surface area contributed by atoms with Gasteiger partial charge in [0.15, 0.2) is 5.82 Å². The summed E-state index contributed by atoms with van der Waals surface area (Å²) in [5, 5.41) is 9.69. The number of imidazole rings is 1. The standard InChI is InChI=1S/C15H20N4O/c20-11-13-15(16-14-3-1-2-6-19(13)14)18-9-7-17(8-10-18)12-4-5-12/h1-3,6,12,20H,4-5,7-11H2. The minimum absolute atomic E-state index is 0.0311. The highest BCUT2D eigenvalue weighted by Crippen LogP contribution is 2.29. The number of hydrogen-bond donors (Lipinski definition) is 1. The molecule has 0 amide bonds. The molecule has 0 unspecified atom stereocenters. The Labute approximate surface area is 118 Å². The van der Waals surface area contributed by atoms with Crippen LogP contribution >= 0.6 is 0 Å². The zero-order valence-corrected chi connectivity index (χ0v) is 11.6. The van der Waals surface area contributed by atoms with Crippen LogP contribution in [0.25, 0.3) is 5.65 Å². The van der Waals surface area contributed by atoms with Crippen molar-refractivity contribution in [2.45, 2.75) is 25.5 Å². The van der Waals surface area contributed by atoms with Gasteiger partial charge in [-0.3, -0.25) is 9.30 Å². The van der Waals surface area contributed by atoms with Crippen molar-refractivity contribution in [2.75, 3.05) is 31.1 Å². The number of piperazine rings is 1. The Hall–Kier alpha value is -1.59. The first-order chi connectivity index (χ1) is 9.86. The van der Waals surface area contributed by atoms with Gasteiger partial charge in [0.05, 0.1) is 12.3 Å². The Morgan fingerprint density at radius 2 is 1.95 bits per heavy atom. The van der Waals surface area contributed by atoms with E-state index in [9.17, 15) is 5.11 Å². The van der Waals surface area contributed by atoms with Gasteiger partial charge >= 0.3 is 0 Å². The second kappa shape index (κ2) is 4.75. The van der Waals surface area contributed by atoms with Crippen molar-refractivity contribution in [1.82, 2.24) is 14.3 Å². The van der Waals surface area contributed by atoms with Gasteiger partial charge in [-0.25, -0.2) is 4.98 Å². The largest absolute Gasteiger partial charge is 0.390 e. The van der Waals surface area contributed by atoms with Gasteiger partial charge in [-0.05, 0) is 25.0 Å². The Kier molecular flexibility index (Phi) is 2.89. The van der Waals surface area contributed by atoms with Crippen molar-refractivity contribution < 1.29 is 5.11 Å². The third-order valence-corrected chi connectivity index (χ3v) is 4.43. The fourth-order valence-electron chi connectivity index (χ4n) is 3.17. The van der Waals surface area contributed by atoms with Gasteiger partial charge in [0.25, 0.3) is 0 Å². The number of fused-ring (bicyclic) bond motifs is 1. The number of aliphatic hydroxyl groups is 1. The maximum Gasteiger partial charge on any atom is 0.153 e. The van der Waals surface area contributed by atoms with Gasteiger partial charge in [-0.1, -0.05) is 6.07 Å².